The second-order valence-corrected chi connectivity index (χ2v) is 5.33. The highest BCUT2D eigenvalue weighted by molar-refractivity contribution is 5.49. The third kappa shape index (κ3) is 1.43. The average molecular weight is 192 g/mol. The van der Waals surface area contributed by atoms with Gasteiger partial charge in [0.2, 0.25) is 0 Å². The van der Waals surface area contributed by atoms with Crippen LogP contribution in [0.4, 0.5) is 0 Å². The summed E-state index contributed by atoms with van der Waals surface area (Å²) in [5.41, 5.74) is 2.07. The Morgan fingerprint density at radius 2 is 2.14 bits per heavy atom. The van der Waals surface area contributed by atoms with Crippen LogP contribution in [-0.2, 0) is 4.79 Å². The van der Waals surface area contributed by atoms with Gasteiger partial charge in [-0.05, 0) is 42.9 Å². The molecule has 78 valence electrons. The third-order valence-corrected chi connectivity index (χ3v) is 4.29. The molecule has 2 saturated carbocycles. The normalized spacial score (nSPS) is 36.6. The quantitative estimate of drug-likeness (QED) is 0.381. The predicted octanol–water partition coefficient (Wildman–Crippen LogP) is 3.35. The molecule has 2 atom stereocenters. The van der Waals surface area contributed by atoms with Crippen LogP contribution < -0.4 is 0 Å². The lowest BCUT2D eigenvalue weighted by Crippen LogP contribution is -2.22. The maximum absolute atomic E-state index is 10.3. The van der Waals surface area contributed by atoms with Crippen LogP contribution in [-0.4, -0.2) is 6.29 Å². The SMILES string of the molecule is CC1(C)/C(=C/CCC=O)[C@@H]2CC[C@H]1C2. The Bertz CT molecular complexity index is 262. The van der Waals surface area contributed by atoms with Crippen molar-refractivity contribution in [3.8, 4) is 0 Å². The van der Waals surface area contributed by atoms with Crippen LogP contribution >= 0.6 is 0 Å². The fourth-order valence-electron chi connectivity index (χ4n) is 3.42. The summed E-state index contributed by atoms with van der Waals surface area (Å²) in [5.74, 6) is 1.76. The number of carbonyl (C=O) groups excluding carboxylic acids is 1. The van der Waals surface area contributed by atoms with E-state index in [2.05, 4.69) is 19.9 Å². The van der Waals surface area contributed by atoms with Gasteiger partial charge in [-0.2, -0.15) is 0 Å². The van der Waals surface area contributed by atoms with E-state index < -0.39 is 0 Å². The van der Waals surface area contributed by atoms with Crippen molar-refractivity contribution in [2.75, 3.05) is 0 Å². The van der Waals surface area contributed by atoms with Crippen LogP contribution in [0, 0.1) is 17.3 Å². The van der Waals surface area contributed by atoms with E-state index >= 15 is 0 Å². The van der Waals surface area contributed by atoms with Crippen LogP contribution in [0.25, 0.3) is 0 Å². The molecular weight excluding hydrogens is 172 g/mol. The Labute approximate surface area is 86.6 Å². The number of unbranched alkanes of at least 4 members (excludes halogenated alkanes) is 1. The Hall–Kier alpha value is -0.590. The highest BCUT2D eigenvalue weighted by Crippen LogP contribution is 2.58. The van der Waals surface area contributed by atoms with Crippen molar-refractivity contribution in [3.05, 3.63) is 11.6 Å². The second kappa shape index (κ2) is 3.52. The molecule has 2 aliphatic rings. The molecule has 14 heavy (non-hydrogen) atoms. The molecule has 0 spiro atoms. The average Bonchev–Trinajstić information content (AvgIpc) is 2.67. The Morgan fingerprint density at radius 3 is 2.71 bits per heavy atom. The Morgan fingerprint density at radius 1 is 1.36 bits per heavy atom. The summed E-state index contributed by atoms with van der Waals surface area (Å²) in [5, 5.41) is 0. The molecule has 1 heteroatoms. The summed E-state index contributed by atoms with van der Waals surface area (Å²) < 4.78 is 0. The van der Waals surface area contributed by atoms with Crippen molar-refractivity contribution in [2.45, 2.75) is 46.0 Å². The van der Waals surface area contributed by atoms with Gasteiger partial charge in [-0.1, -0.05) is 25.5 Å². The van der Waals surface area contributed by atoms with E-state index in [1.54, 1.807) is 5.57 Å². The molecule has 0 aromatic heterocycles. The van der Waals surface area contributed by atoms with Crippen molar-refractivity contribution in [2.24, 2.45) is 17.3 Å². The van der Waals surface area contributed by atoms with Gasteiger partial charge < -0.3 is 4.79 Å². The number of aldehydes is 1. The molecule has 2 aliphatic carbocycles. The molecule has 2 bridgehead atoms. The standard InChI is InChI=1S/C13H20O/c1-13(2)11-7-6-10(9-11)12(13)5-3-4-8-14/h5,8,10-11H,3-4,6-7,9H2,1-2H3/b12-5+/t10-,11+/m1/s1. The minimum absolute atomic E-state index is 0.422. The number of rotatable bonds is 3. The first-order valence-electron chi connectivity index (χ1n) is 5.80. The van der Waals surface area contributed by atoms with Gasteiger partial charge in [0, 0.05) is 6.42 Å². The van der Waals surface area contributed by atoms with E-state index in [0.29, 0.717) is 11.8 Å². The summed E-state index contributed by atoms with van der Waals surface area (Å²) in [6.07, 6.45) is 9.22. The van der Waals surface area contributed by atoms with E-state index in [-0.39, 0.29) is 0 Å². The van der Waals surface area contributed by atoms with Crippen LogP contribution in [0.15, 0.2) is 11.6 Å². The molecule has 0 aliphatic heterocycles. The lowest BCUT2D eigenvalue weighted by molar-refractivity contribution is -0.107. The van der Waals surface area contributed by atoms with Crippen molar-refractivity contribution in [3.63, 3.8) is 0 Å². The first kappa shape index (κ1) is 9.95. The van der Waals surface area contributed by atoms with Crippen LogP contribution in [0.2, 0.25) is 0 Å². The molecule has 0 amide bonds. The maximum atomic E-state index is 10.3. The molecular formula is C13H20O. The minimum Gasteiger partial charge on any atom is -0.303 e. The lowest BCUT2D eigenvalue weighted by atomic mass is 9.72. The number of carbonyl (C=O) groups is 1. The van der Waals surface area contributed by atoms with Gasteiger partial charge in [0.05, 0.1) is 0 Å². The molecule has 0 N–H and O–H groups in total. The zero-order valence-corrected chi connectivity index (χ0v) is 9.25. The van der Waals surface area contributed by atoms with E-state index in [1.165, 1.54) is 19.3 Å². The van der Waals surface area contributed by atoms with Gasteiger partial charge in [-0.15, -0.1) is 0 Å². The Balaban J connectivity index is 2.10. The maximum Gasteiger partial charge on any atom is 0.120 e. The van der Waals surface area contributed by atoms with Gasteiger partial charge in [0.15, 0.2) is 0 Å². The topological polar surface area (TPSA) is 17.1 Å². The molecule has 0 saturated heterocycles. The monoisotopic (exact) mass is 192 g/mol. The van der Waals surface area contributed by atoms with E-state index in [4.69, 9.17) is 0 Å². The number of hydrogen-bond acceptors (Lipinski definition) is 1. The zero-order chi connectivity index (χ0) is 10.2. The van der Waals surface area contributed by atoms with E-state index in [1.807, 2.05) is 0 Å². The Kier molecular flexibility index (Phi) is 2.50. The molecule has 0 radical (unpaired) electrons. The first-order chi connectivity index (χ1) is 6.66. The summed E-state index contributed by atoms with van der Waals surface area (Å²) >= 11 is 0. The minimum atomic E-state index is 0.422. The van der Waals surface area contributed by atoms with Gasteiger partial charge in [0.1, 0.15) is 6.29 Å². The highest BCUT2D eigenvalue weighted by Gasteiger charge is 2.48. The van der Waals surface area contributed by atoms with Crippen LogP contribution in [0.3, 0.4) is 0 Å². The van der Waals surface area contributed by atoms with Gasteiger partial charge in [0.25, 0.3) is 0 Å². The smallest absolute Gasteiger partial charge is 0.120 e. The van der Waals surface area contributed by atoms with Crippen molar-refractivity contribution < 1.29 is 4.79 Å². The first-order valence-corrected chi connectivity index (χ1v) is 5.80. The highest BCUT2D eigenvalue weighted by atomic mass is 16.1. The molecule has 2 rings (SSSR count). The van der Waals surface area contributed by atoms with Crippen molar-refractivity contribution >= 4 is 6.29 Å². The zero-order valence-electron chi connectivity index (χ0n) is 9.25. The molecule has 2 fully saturated rings. The molecule has 1 nitrogen and oxygen atoms in total. The third-order valence-electron chi connectivity index (χ3n) is 4.29. The van der Waals surface area contributed by atoms with Gasteiger partial charge in [-0.3, -0.25) is 0 Å². The number of fused-ring (bicyclic) bond motifs is 2. The number of hydrogen-bond donors (Lipinski definition) is 0. The summed E-state index contributed by atoms with van der Waals surface area (Å²) in [7, 11) is 0. The molecule has 0 unspecified atom stereocenters. The van der Waals surface area contributed by atoms with Gasteiger partial charge >= 0.3 is 0 Å². The lowest BCUT2D eigenvalue weighted by Gasteiger charge is -2.32. The predicted molar refractivity (Wildman–Crippen MR) is 58.0 cm³/mol. The van der Waals surface area contributed by atoms with Gasteiger partial charge in [-0.25, -0.2) is 0 Å². The number of allylic oxidation sites excluding steroid dienone is 2. The summed E-state index contributed by atoms with van der Waals surface area (Å²) in [6.45, 7) is 4.76. The van der Waals surface area contributed by atoms with E-state index in [9.17, 15) is 4.79 Å². The van der Waals surface area contributed by atoms with Crippen molar-refractivity contribution in [1.82, 2.24) is 0 Å². The molecule has 0 aromatic rings. The second-order valence-electron chi connectivity index (χ2n) is 5.33. The summed E-state index contributed by atoms with van der Waals surface area (Å²) in [4.78, 5) is 10.3. The molecule has 0 aromatic carbocycles. The molecule has 0 heterocycles. The fourth-order valence-corrected chi connectivity index (χ4v) is 3.42. The summed E-state index contributed by atoms with van der Waals surface area (Å²) in [6, 6.07) is 0. The largest absolute Gasteiger partial charge is 0.303 e. The fraction of sp³-hybridized carbons (Fsp3) is 0.769. The van der Waals surface area contributed by atoms with Crippen molar-refractivity contribution in [1.29, 1.82) is 0 Å². The van der Waals surface area contributed by atoms with E-state index in [0.717, 1.165) is 24.5 Å². The van der Waals surface area contributed by atoms with Crippen LogP contribution in [0.1, 0.15) is 46.0 Å². The van der Waals surface area contributed by atoms with Crippen LogP contribution in [0.5, 0.6) is 0 Å².